The van der Waals surface area contributed by atoms with Crippen molar-refractivity contribution in [3.05, 3.63) is 106 Å². The number of hydrogen-bond acceptors (Lipinski definition) is 6. The minimum Gasteiger partial charge on any atom is -0.490 e. The lowest BCUT2D eigenvalue weighted by atomic mass is 10.1. The van der Waals surface area contributed by atoms with E-state index in [1.165, 1.54) is 6.08 Å². The summed E-state index contributed by atoms with van der Waals surface area (Å²) in [7, 11) is 0. The molecule has 0 radical (unpaired) electrons. The third-order valence-corrected chi connectivity index (χ3v) is 5.23. The molecular formula is C27H20BrNO5. The maximum atomic E-state index is 12.3. The molecule has 0 unspecified atom stereocenters. The van der Waals surface area contributed by atoms with Gasteiger partial charge in [0.05, 0.1) is 6.61 Å². The zero-order valence-corrected chi connectivity index (χ0v) is 19.8. The Labute approximate surface area is 205 Å². The number of benzene rings is 3. The van der Waals surface area contributed by atoms with Gasteiger partial charge in [-0.05, 0) is 66.6 Å². The van der Waals surface area contributed by atoms with Crippen molar-refractivity contribution in [3.63, 3.8) is 0 Å². The predicted octanol–water partition coefficient (Wildman–Crippen LogP) is 5.81. The van der Waals surface area contributed by atoms with Crippen LogP contribution in [-0.2, 0) is 14.3 Å². The highest BCUT2D eigenvalue weighted by Crippen LogP contribution is 2.30. The summed E-state index contributed by atoms with van der Waals surface area (Å²) in [6.07, 6.45) is 4.62. The largest absolute Gasteiger partial charge is 0.490 e. The van der Waals surface area contributed by atoms with Crippen LogP contribution in [0.4, 0.5) is 0 Å². The summed E-state index contributed by atoms with van der Waals surface area (Å²) < 4.78 is 17.3. The van der Waals surface area contributed by atoms with Crippen molar-refractivity contribution in [3.8, 4) is 11.5 Å². The molecule has 0 fully saturated rings. The molecular weight excluding hydrogens is 498 g/mol. The highest BCUT2D eigenvalue weighted by molar-refractivity contribution is 9.10. The molecule has 0 saturated heterocycles. The summed E-state index contributed by atoms with van der Waals surface area (Å²) in [6.45, 7) is 2.20. The average Bonchev–Trinajstić information content (AvgIpc) is 3.20. The van der Waals surface area contributed by atoms with Gasteiger partial charge in [-0.25, -0.2) is 14.6 Å². The van der Waals surface area contributed by atoms with Gasteiger partial charge >= 0.3 is 11.9 Å². The van der Waals surface area contributed by atoms with Gasteiger partial charge < -0.3 is 14.2 Å². The molecule has 1 aliphatic rings. The first kappa shape index (κ1) is 23.2. The van der Waals surface area contributed by atoms with E-state index in [0.717, 1.165) is 10.0 Å². The number of carbonyl (C=O) groups is 2. The Morgan fingerprint density at radius 1 is 1.00 bits per heavy atom. The molecule has 0 N–H and O–H groups in total. The maximum absolute atomic E-state index is 12.3. The molecule has 0 bridgehead atoms. The van der Waals surface area contributed by atoms with E-state index in [4.69, 9.17) is 14.2 Å². The molecule has 0 amide bonds. The van der Waals surface area contributed by atoms with Crippen molar-refractivity contribution < 1.29 is 23.8 Å². The van der Waals surface area contributed by atoms with Crippen molar-refractivity contribution in [2.45, 2.75) is 6.92 Å². The zero-order chi connectivity index (χ0) is 23.9. The average molecular weight is 518 g/mol. The summed E-state index contributed by atoms with van der Waals surface area (Å²) in [4.78, 5) is 28.9. The van der Waals surface area contributed by atoms with Crippen LogP contribution in [0.25, 0.3) is 12.2 Å². The van der Waals surface area contributed by atoms with Crippen LogP contribution in [0.2, 0.25) is 0 Å². The Morgan fingerprint density at radius 2 is 1.76 bits per heavy atom. The number of aliphatic imine (C=N–C) groups is 1. The third-order valence-electron chi connectivity index (χ3n) is 4.70. The summed E-state index contributed by atoms with van der Waals surface area (Å²) in [6, 6.07) is 21.8. The van der Waals surface area contributed by atoms with Crippen LogP contribution < -0.4 is 9.47 Å². The fourth-order valence-corrected chi connectivity index (χ4v) is 3.39. The quantitative estimate of drug-likeness (QED) is 0.224. The van der Waals surface area contributed by atoms with Crippen molar-refractivity contribution in [2.24, 2.45) is 4.99 Å². The summed E-state index contributed by atoms with van der Waals surface area (Å²) in [5.41, 5.74) is 2.39. The number of halogens is 1. The van der Waals surface area contributed by atoms with Crippen LogP contribution in [0.5, 0.6) is 11.5 Å². The Bertz CT molecular complexity index is 1290. The fourth-order valence-electron chi connectivity index (χ4n) is 3.12. The Kier molecular flexibility index (Phi) is 7.34. The van der Waals surface area contributed by atoms with E-state index in [9.17, 15) is 9.59 Å². The molecule has 3 aromatic rings. The molecule has 0 atom stereocenters. The first-order chi connectivity index (χ1) is 16.5. The lowest BCUT2D eigenvalue weighted by Crippen LogP contribution is -2.06. The van der Waals surface area contributed by atoms with Crippen molar-refractivity contribution >= 4 is 45.9 Å². The molecule has 6 nitrogen and oxygen atoms in total. The number of hydrogen-bond donors (Lipinski definition) is 0. The number of nitrogens with zero attached hydrogens (tertiary/aromatic N) is 1. The van der Waals surface area contributed by atoms with Crippen LogP contribution >= 0.6 is 15.9 Å². The van der Waals surface area contributed by atoms with Crippen LogP contribution in [0.15, 0.2) is 94.0 Å². The smallest absolute Gasteiger partial charge is 0.363 e. The minimum atomic E-state index is -0.544. The van der Waals surface area contributed by atoms with Crippen LogP contribution in [0.3, 0.4) is 0 Å². The van der Waals surface area contributed by atoms with Crippen LogP contribution in [-0.4, -0.2) is 24.4 Å². The number of carbonyl (C=O) groups excluding carboxylic acids is 2. The third kappa shape index (κ3) is 5.88. The molecule has 34 heavy (non-hydrogen) atoms. The lowest BCUT2D eigenvalue weighted by Gasteiger charge is -2.10. The lowest BCUT2D eigenvalue weighted by molar-refractivity contribution is -0.130. The van der Waals surface area contributed by atoms with E-state index in [-0.39, 0.29) is 17.3 Å². The molecule has 0 aliphatic carbocycles. The minimum absolute atomic E-state index is 0.163. The highest BCUT2D eigenvalue weighted by atomic mass is 79.9. The highest BCUT2D eigenvalue weighted by Gasteiger charge is 2.24. The van der Waals surface area contributed by atoms with E-state index < -0.39 is 11.9 Å². The van der Waals surface area contributed by atoms with E-state index in [2.05, 4.69) is 20.9 Å². The van der Waals surface area contributed by atoms with Gasteiger partial charge in [0.2, 0.25) is 5.90 Å². The molecule has 0 spiro atoms. The number of cyclic esters (lactones) is 1. The summed E-state index contributed by atoms with van der Waals surface area (Å²) in [5.74, 6) is -0.178. The van der Waals surface area contributed by atoms with Gasteiger partial charge in [0.25, 0.3) is 0 Å². The first-order valence-electron chi connectivity index (χ1n) is 10.5. The van der Waals surface area contributed by atoms with Crippen LogP contribution in [0.1, 0.15) is 23.6 Å². The standard InChI is InChI=1S/C27H20BrNO5/c1-2-32-24-17-19(8-14-23(24)33-25(30)15-9-18-6-4-3-5-7-18)16-22-27(31)34-26(29-22)20-10-12-21(28)13-11-20/h3-17H,2H2,1H3/b15-9+,22-16+. The van der Waals surface area contributed by atoms with Gasteiger partial charge in [0.1, 0.15) is 0 Å². The summed E-state index contributed by atoms with van der Waals surface area (Å²) in [5, 5.41) is 0. The van der Waals surface area contributed by atoms with E-state index in [1.807, 2.05) is 61.5 Å². The second-order valence-corrected chi connectivity index (χ2v) is 8.06. The van der Waals surface area contributed by atoms with Gasteiger partial charge in [0.15, 0.2) is 17.2 Å². The molecule has 1 aliphatic heterocycles. The molecule has 1 heterocycles. The monoisotopic (exact) mass is 517 g/mol. The van der Waals surface area contributed by atoms with Gasteiger partial charge in [0, 0.05) is 16.1 Å². The van der Waals surface area contributed by atoms with Crippen molar-refractivity contribution in [2.75, 3.05) is 6.61 Å². The Morgan fingerprint density at radius 3 is 2.50 bits per heavy atom. The number of esters is 2. The molecule has 0 saturated carbocycles. The van der Waals surface area contributed by atoms with Crippen molar-refractivity contribution in [1.82, 2.24) is 0 Å². The topological polar surface area (TPSA) is 74.2 Å². The van der Waals surface area contributed by atoms with Gasteiger partial charge in [-0.2, -0.15) is 0 Å². The SMILES string of the molecule is CCOc1cc(/C=C2/N=C(c3ccc(Br)cc3)OC2=O)ccc1OC(=O)/C=C/c1ccccc1. The molecule has 0 aromatic heterocycles. The van der Waals surface area contributed by atoms with E-state index >= 15 is 0 Å². The van der Waals surface area contributed by atoms with E-state index in [1.54, 1.807) is 30.4 Å². The predicted molar refractivity (Wildman–Crippen MR) is 133 cm³/mol. The second-order valence-electron chi connectivity index (χ2n) is 7.15. The molecule has 7 heteroatoms. The number of ether oxygens (including phenoxy) is 3. The first-order valence-corrected chi connectivity index (χ1v) is 11.3. The van der Waals surface area contributed by atoms with Gasteiger partial charge in [-0.1, -0.05) is 52.3 Å². The van der Waals surface area contributed by atoms with Crippen molar-refractivity contribution in [1.29, 1.82) is 0 Å². The summed E-state index contributed by atoms with van der Waals surface area (Å²) >= 11 is 3.38. The fraction of sp³-hybridized carbons (Fsp3) is 0.0741. The normalized spacial score (nSPS) is 14.2. The Hall–Kier alpha value is -3.97. The zero-order valence-electron chi connectivity index (χ0n) is 18.2. The van der Waals surface area contributed by atoms with Gasteiger partial charge in [-0.3, -0.25) is 0 Å². The molecule has 170 valence electrons. The number of rotatable bonds is 7. The van der Waals surface area contributed by atoms with Crippen LogP contribution in [0, 0.1) is 0 Å². The van der Waals surface area contributed by atoms with Gasteiger partial charge in [-0.15, -0.1) is 0 Å². The second kappa shape index (κ2) is 10.8. The Balaban J connectivity index is 1.53. The maximum Gasteiger partial charge on any atom is 0.363 e. The molecule has 3 aromatic carbocycles. The van der Waals surface area contributed by atoms with E-state index in [0.29, 0.717) is 23.5 Å². The molecule has 4 rings (SSSR count).